The van der Waals surface area contributed by atoms with Crippen molar-refractivity contribution < 1.29 is 9.47 Å². The van der Waals surface area contributed by atoms with E-state index in [0.29, 0.717) is 12.4 Å². The molecule has 5 nitrogen and oxygen atoms in total. The van der Waals surface area contributed by atoms with Gasteiger partial charge in [-0.25, -0.2) is 0 Å². The van der Waals surface area contributed by atoms with Gasteiger partial charge < -0.3 is 14.8 Å². The van der Waals surface area contributed by atoms with Crippen molar-refractivity contribution in [3.63, 3.8) is 0 Å². The van der Waals surface area contributed by atoms with Crippen molar-refractivity contribution in [1.82, 2.24) is 15.5 Å². The lowest BCUT2D eigenvalue weighted by atomic mass is 10.0. The Morgan fingerprint density at radius 1 is 1.47 bits per heavy atom. The van der Waals surface area contributed by atoms with Gasteiger partial charge in [0, 0.05) is 25.8 Å². The first-order chi connectivity index (χ1) is 8.22. The Morgan fingerprint density at radius 2 is 2.35 bits per heavy atom. The third-order valence-electron chi connectivity index (χ3n) is 3.01. The van der Waals surface area contributed by atoms with Gasteiger partial charge in [-0.1, -0.05) is 0 Å². The molecule has 1 aliphatic rings. The van der Waals surface area contributed by atoms with Crippen LogP contribution in [0.15, 0.2) is 12.1 Å². The highest BCUT2D eigenvalue weighted by Crippen LogP contribution is 2.23. The zero-order valence-electron chi connectivity index (χ0n) is 10.4. The maximum Gasteiger partial charge on any atom is 0.233 e. The van der Waals surface area contributed by atoms with E-state index in [1.807, 2.05) is 12.1 Å². The van der Waals surface area contributed by atoms with Crippen molar-refractivity contribution >= 4 is 0 Å². The van der Waals surface area contributed by atoms with Gasteiger partial charge in [-0.05, 0) is 25.8 Å². The minimum Gasteiger partial charge on any atom is -0.480 e. The van der Waals surface area contributed by atoms with Crippen LogP contribution in [0.2, 0.25) is 0 Å². The number of hydrogen-bond donors (Lipinski definition) is 1. The normalized spacial score (nSPS) is 23.9. The number of hydrogen-bond acceptors (Lipinski definition) is 5. The predicted molar refractivity (Wildman–Crippen MR) is 63.9 cm³/mol. The van der Waals surface area contributed by atoms with Crippen LogP contribution < -0.4 is 10.1 Å². The lowest BCUT2D eigenvalue weighted by Crippen LogP contribution is -2.36. The largest absolute Gasteiger partial charge is 0.480 e. The molecule has 0 bridgehead atoms. The van der Waals surface area contributed by atoms with Crippen LogP contribution in [0.5, 0.6) is 5.88 Å². The van der Waals surface area contributed by atoms with Crippen molar-refractivity contribution in [3.05, 3.63) is 17.8 Å². The van der Waals surface area contributed by atoms with Crippen LogP contribution in [-0.2, 0) is 11.3 Å². The summed E-state index contributed by atoms with van der Waals surface area (Å²) in [6.07, 6.45) is 2.27. The summed E-state index contributed by atoms with van der Waals surface area (Å²) >= 11 is 0. The quantitative estimate of drug-likeness (QED) is 0.832. The summed E-state index contributed by atoms with van der Waals surface area (Å²) in [6, 6.07) is 3.73. The zero-order chi connectivity index (χ0) is 12.1. The van der Waals surface area contributed by atoms with Crippen molar-refractivity contribution in [2.45, 2.75) is 31.9 Å². The molecule has 1 aromatic heterocycles. The number of nitrogens with zero attached hydrogens (tertiary/aromatic N) is 2. The molecule has 0 spiro atoms. The fourth-order valence-electron chi connectivity index (χ4n) is 1.98. The zero-order valence-corrected chi connectivity index (χ0v) is 10.4. The highest BCUT2D eigenvalue weighted by Gasteiger charge is 2.28. The van der Waals surface area contributed by atoms with Crippen LogP contribution in [0.4, 0.5) is 0 Å². The smallest absolute Gasteiger partial charge is 0.233 e. The Hall–Kier alpha value is -1.20. The minimum atomic E-state index is -0.0140. The molecule has 1 aliphatic heterocycles. The summed E-state index contributed by atoms with van der Waals surface area (Å²) in [5.74, 6) is 0.542. The second-order valence-corrected chi connectivity index (χ2v) is 4.57. The number of nitrogens with one attached hydrogen (secondary N) is 1. The van der Waals surface area contributed by atoms with E-state index in [0.717, 1.165) is 31.7 Å². The van der Waals surface area contributed by atoms with E-state index in [1.165, 1.54) is 0 Å². The Balaban J connectivity index is 1.77. The van der Waals surface area contributed by atoms with Gasteiger partial charge in [0.2, 0.25) is 5.88 Å². The molecule has 1 aromatic rings. The maximum atomic E-state index is 5.70. The van der Waals surface area contributed by atoms with Crippen LogP contribution in [0.25, 0.3) is 0 Å². The molecule has 17 heavy (non-hydrogen) atoms. The summed E-state index contributed by atoms with van der Waals surface area (Å²) in [7, 11) is 1.58. The van der Waals surface area contributed by atoms with Gasteiger partial charge in [0.15, 0.2) is 0 Å². The van der Waals surface area contributed by atoms with E-state index in [9.17, 15) is 0 Å². The van der Waals surface area contributed by atoms with Crippen molar-refractivity contribution in [2.75, 3.05) is 20.3 Å². The Labute approximate surface area is 102 Å². The fourth-order valence-corrected chi connectivity index (χ4v) is 1.98. The summed E-state index contributed by atoms with van der Waals surface area (Å²) in [6.45, 7) is 4.57. The van der Waals surface area contributed by atoms with E-state index >= 15 is 0 Å². The number of ether oxygens (including phenoxy) is 2. The van der Waals surface area contributed by atoms with Crippen LogP contribution in [0.3, 0.4) is 0 Å². The average Bonchev–Trinajstić information content (AvgIpc) is 2.77. The van der Waals surface area contributed by atoms with Crippen LogP contribution in [0.1, 0.15) is 25.5 Å². The molecular formula is C12H19N3O2. The van der Waals surface area contributed by atoms with E-state index in [2.05, 4.69) is 22.4 Å². The SMILES string of the molecule is COc1ccc(CNCC2(C)CCCO2)nn1. The number of methoxy groups -OCH3 is 1. The number of rotatable bonds is 5. The summed E-state index contributed by atoms with van der Waals surface area (Å²) < 4.78 is 10.7. The van der Waals surface area contributed by atoms with Crippen LogP contribution in [-0.4, -0.2) is 36.1 Å². The molecule has 0 aliphatic carbocycles. The third kappa shape index (κ3) is 3.38. The van der Waals surface area contributed by atoms with Gasteiger partial charge in [0.05, 0.1) is 18.4 Å². The monoisotopic (exact) mass is 237 g/mol. The van der Waals surface area contributed by atoms with Crippen molar-refractivity contribution in [3.8, 4) is 5.88 Å². The van der Waals surface area contributed by atoms with Crippen LogP contribution in [0, 0.1) is 0 Å². The molecule has 94 valence electrons. The van der Waals surface area contributed by atoms with E-state index < -0.39 is 0 Å². The first-order valence-corrected chi connectivity index (χ1v) is 5.93. The highest BCUT2D eigenvalue weighted by atomic mass is 16.5. The summed E-state index contributed by atoms with van der Waals surface area (Å²) in [5, 5.41) is 11.3. The van der Waals surface area contributed by atoms with Gasteiger partial charge in [-0.3, -0.25) is 0 Å². The Bertz CT molecular complexity index is 347. The molecule has 0 amide bonds. The third-order valence-corrected chi connectivity index (χ3v) is 3.01. The number of aromatic nitrogens is 2. The maximum absolute atomic E-state index is 5.70. The second-order valence-electron chi connectivity index (χ2n) is 4.57. The molecule has 0 saturated carbocycles. The molecule has 2 rings (SSSR count). The Kier molecular flexibility index (Phi) is 3.91. The van der Waals surface area contributed by atoms with Gasteiger partial charge in [0.1, 0.15) is 0 Å². The fraction of sp³-hybridized carbons (Fsp3) is 0.667. The molecule has 5 heteroatoms. The van der Waals surface area contributed by atoms with Gasteiger partial charge in [-0.15, -0.1) is 5.10 Å². The molecule has 2 heterocycles. The van der Waals surface area contributed by atoms with Crippen molar-refractivity contribution in [2.24, 2.45) is 0 Å². The lowest BCUT2D eigenvalue weighted by Gasteiger charge is -2.23. The molecule has 1 fully saturated rings. The Morgan fingerprint density at radius 3 is 2.94 bits per heavy atom. The van der Waals surface area contributed by atoms with Gasteiger partial charge in [0.25, 0.3) is 0 Å². The molecule has 1 saturated heterocycles. The summed E-state index contributed by atoms with van der Waals surface area (Å²) in [4.78, 5) is 0. The topological polar surface area (TPSA) is 56.3 Å². The average molecular weight is 237 g/mol. The minimum absolute atomic E-state index is 0.0140. The molecule has 1 unspecified atom stereocenters. The van der Waals surface area contributed by atoms with E-state index in [-0.39, 0.29) is 5.60 Å². The lowest BCUT2D eigenvalue weighted by molar-refractivity contribution is 0.0206. The van der Waals surface area contributed by atoms with Gasteiger partial charge >= 0.3 is 0 Å². The van der Waals surface area contributed by atoms with Gasteiger partial charge in [-0.2, -0.15) is 5.10 Å². The van der Waals surface area contributed by atoms with Crippen LogP contribution >= 0.6 is 0 Å². The standard InChI is InChI=1S/C12H19N3O2/c1-12(6-3-7-17-12)9-13-8-10-4-5-11(16-2)15-14-10/h4-5,13H,3,6-9H2,1-2H3. The van der Waals surface area contributed by atoms with E-state index in [4.69, 9.17) is 9.47 Å². The summed E-state index contributed by atoms with van der Waals surface area (Å²) in [5.41, 5.74) is 0.896. The first kappa shape index (κ1) is 12.3. The molecule has 1 atom stereocenters. The van der Waals surface area contributed by atoms with Crippen molar-refractivity contribution in [1.29, 1.82) is 0 Å². The van der Waals surface area contributed by atoms with E-state index in [1.54, 1.807) is 7.11 Å². The highest BCUT2D eigenvalue weighted by molar-refractivity contribution is 5.11. The molecular weight excluding hydrogens is 218 g/mol. The molecule has 1 N–H and O–H groups in total. The first-order valence-electron chi connectivity index (χ1n) is 5.93. The molecule has 0 radical (unpaired) electrons. The predicted octanol–water partition coefficient (Wildman–Crippen LogP) is 1.14. The second kappa shape index (κ2) is 5.42. The molecule has 0 aromatic carbocycles.